The number of nitrogens with zero attached hydrogens (tertiary/aromatic N) is 2. The lowest BCUT2D eigenvalue weighted by molar-refractivity contribution is -0.120. The number of hydrogen-bond donors (Lipinski definition) is 2. The van der Waals surface area contributed by atoms with E-state index in [1.807, 2.05) is 33.8 Å². The van der Waals surface area contributed by atoms with Crippen LogP contribution < -0.4 is 15.5 Å². The maximum absolute atomic E-state index is 12.8. The molecule has 0 spiro atoms. The molecule has 2 N–H and O–H groups in total. The summed E-state index contributed by atoms with van der Waals surface area (Å²) in [4.78, 5) is 51.2. The zero-order valence-corrected chi connectivity index (χ0v) is 19.6. The third-order valence-electron chi connectivity index (χ3n) is 4.99. The average molecular weight is 447 g/mol. The minimum Gasteiger partial charge on any atom is -0.444 e. The molecule has 1 heterocycles. The average Bonchev–Trinajstić information content (AvgIpc) is 2.69. The highest BCUT2D eigenvalue weighted by atomic mass is 16.6. The number of hydrogen-bond acceptors (Lipinski definition) is 5. The van der Waals surface area contributed by atoms with Crippen molar-refractivity contribution < 1.29 is 23.9 Å². The van der Waals surface area contributed by atoms with Crippen molar-refractivity contribution in [1.29, 1.82) is 0 Å². The van der Waals surface area contributed by atoms with E-state index in [4.69, 9.17) is 4.74 Å². The fourth-order valence-electron chi connectivity index (χ4n) is 3.30. The van der Waals surface area contributed by atoms with Gasteiger partial charge in [0.05, 0.1) is 0 Å². The minimum absolute atomic E-state index is 0.133. The van der Waals surface area contributed by atoms with Crippen molar-refractivity contribution in [3.8, 4) is 0 Å². The van der Waals surface area contributed by atoms with E-state index in [2.05, 4.69) is 10.6 Å². The van der Waals surface area contributed by atoms with Gasteiger partial charge in [-0.25, -0.2) is 9.59 Å². The predicted octanol–water partition coefficient (Wildman–Crippen LogP) is 3.21. The van der Waals surface area contributed by atoms with Crippen LogP contribution in [0.3, 0.4) is 0 Å². The first kappa shape index (κ1) is 25.2. The molecule has 0 aliphatic carbocycles. The van der Waals surface area contributed by atoms with E-state index in [1.54, 1.807) is 24.1 Å². The van der Waals surface area contributed by atoms with Crippen LogP contribution in [0.1, 0.15) is 62.4 Å². The van der Waals surface area contributed by atoms with Gasteiger partial charge in [-0.2, -0.15) is 0 Å². The predicted molar refractivity (Wildman–Crippen MR) is 122 cm³/mol. The Bertz CT molecular complexity index is 862. The van der Waals surface area contributed by atoms with E-state index in [9.17, 15) is 19.2 Å². The molecule has 1 aliphatic heterocycles. The van der Waals surface area contributed by atoms with Crippen LogP contribution in [0, 0.1) is 6.92 Å². The molecule has 1 aliphatic rings. The number of amides is 5. The summed E-state index contributed by atoms with van der Waals surface area (Å²) in [5, 5.41) is 5.03. The molecule has 0 unspecified atom stereocenters. The van der Waals surface area contributed by atoms with Crippen LogP contribution in [0.25, 0.3) is 0 Å². The van der Waals surface area contributed by atoms with Crippen LogP contribution in [-0.4, -0.2) is 61.1 Å². The van der Waals surface area contributed by atoms with Gasteiger partial charge >= 0.3 is 12.1 Å². The number of ether oxygens (including phenoxy) is 1. The maximum Gasteiger partial charge on any atom is 0.407 e. The first-order valence-corrected chi connectivity index (χ1v) is 10.9. The Balaban J connectivity index is 1.82. The second-order valence-corrected chi connectivity index (χ2v) is 8.97. The molecular weight excluding hydrogens is 412 g/mol. The molecule has 1 aromatic carbocycles. The molecule has 0 atom stereocenters. The van der Waals surface area contributed by atoms with Crippen LogP contribution in [0.5, 0.6) is 0 Å². The van der Waals surface area contributed by atoms with E-state index >= 15 is 0 Å². The van der Waals surface area contributed by atoms with Crippen LogP contribution in [0.2, 0.25) is 0 Å². The van der Waals surface area contributed by atoms with Crippen molar-refractivity contribution >= 4 is 29.6 Å². The second-order valence-electron chi connectivity index (χ2n) is 8.97. The highest BCUT2D eigenvalue weighted by Gasteiger charge is 2.26. The van der Waals surface area contributed by atoms with Gasteiger partial charge in [0.2, 0.25) is 5.91 Å². The second kappa shape index (κ2) is 11.0. The SMILES string of the molecule is Cc1ccc(C(=O)N(C)CCCCCNC(=O)OC(C)(C)C)cc1N1CCC(=O)NC1=O. The highest BCUT2D eigenvalue weighted by Crippen LogP contribution is 2.24. The number of anilines is 1. The number of rotatable bonds is 8. The van der Waals surface area contributed by atoms with Crippen LogP contribution in [0.4, 0.5) is 15.3 Å². The lowest BCUT2D eigenvalue weighted by Gasteiger charge is -2.28. The summed E-state index contributed by atoms with van der Waals surface area (Å²) in [6, 6.07) is 4.79. The van der Waals surface area contributed by atoms with E-state index in [-0.39, 0.29) is 24.8 Å². The highest BCUT2D eigenvalue weighted by molar-refractivity contribution is 6.06. The van der Waals surface area contributed by atoms with Gasteiger partial charge in [0.1, 0.15) is 5.60 Å². The van der Waals surface area contributed by atoms with Gasteiger partial charge in [0.15, 0.2) is 0 Å². The molecule has 2 rings (SSSR count). The fraction of sp³-hybridized carbons (Fsp3) is 0.565. The molecule has 32 heavy (non-hydrogen) atoms. The van der Waals surface area contributed by atoms with Crippen molar-refractivity contribution in [2.75, 3.05) is 31.6 Å². The largest absolute Gasteiger partial charge is 0.444 e. The monoisotopic (exact) mass is 446 g/mol. The van der Waals surface area contributed by atoms with Crippen molar-refractivity contribution in [3.05, 3.63) is 29.3 Å². The molecule has 1 fully saturated rings. The van der Waals surface area contributed by atoms with Gasteiger partial charge in [-0.05, 0) is 64.7 Å². The summed E-state index contributed by atoms with van der Waals surface area (Å²) in [7, 11) is 1.74. The zero-order valence-electron chi connectivity index (χ0n) is 19.6. The maximum atomic E-state index is 12.8. The molecule has 0 saturated carbocycles. The number of alkyl carbamates (subject to hydrolysis) is 1. The number of unbranched alkanes of at least 4 members (excludes halogenated alkanes) is 2. The molecule has 0 bridgehead atoms. The molecule has 0 aromatic heterocycles. The Kier molecular flexibility index (Phi) is 8.63. The lowest BCUT2D eigenvalue weighted by Crippen LogP contribution is -2.49. The quantitative estimate of drug-likeness (QED) is 0.596. The van der Waals surface area contributed by atoms with Gasteiger partial charge in [0.25, 0.3) is 5.91 Å². The first-order valence-electron chi connectivity index (χ1n) is 10.9. The van der Waals surface area contributed by atoms with E-state index < -0.39 is 17.7 Å². The lowest BCUT2D eigenvalue weighted by atomic mass is 10.1. The van der Waals surface area contributed by atoms with Gasteiger partial charge in [-0.1, -0.05) is 6.07 Å². The van der Waals surface area contributed by atoms with Crippen LogP contribution >= 0.6 is 0 Å². The number of aryl methyl sites for hydroxylation is 1. The molecular formula is C23H34N4O5. The van der Waals surface area contributed by atoms with E-state index in [0.717, 1.165) is 24.8 Å². The number of carbonyl (C=O) groups is 4. The number of nitrogens with one attached hydrogen (secondary N) is 2. The van der Waals surface area contributed by atoms with Crippen molar-refractivity contribution in [2.45, 2.75) is 59.0 Å². The normalized spacial score (nSPS) is 14.1. The summed E-state index contributed by atoms with van der Waals surface area (Å²) in [5.41, 5.74) is 1.45. The van der Waals surface area contributed by atoms with Gasteiger partial charge in [-0.15, -0.1) is 0 Å². The Labute approximate surface area is 189 Å². The molecule has 1 aromatic rings. The standard InChI is InChI=1S/C23H34N4O5/c1-16-9-10-17(15-18(16)27-14-11-19(28)25-21(27)30)20(29)26(5)13-8-6-7-12-24-22(31)32-23(2,3)4/h9-10,15H,6-8,11-14H2,1-5H3,(H,24,31)(H,25,28,30). The van der Waals surface area contributed by atoms with Crippen LogP contribution in [0.15, 0.2) is 18.2 Å². The summed E-state index contributed by atoms with van der Waals surface area (Å²) < 4.78 is 5.19. The molecule has 9 nitrogen and oxygen atoms in total. The Morgan fingerprint density at radius 2 is 1.91 bits per heavy atom. The smallest absolute Gasteiger partial charge is 0.407 e. The zero-order chi connectivity index (χ0) is 23.9. The number of benzene rings is 1. The van der Waals surface area contributed by atoms with Crippen LogP contribution in [-0.2, 0) is 9.53 Å². The summed E-state index contributed by atoms with van der Waals surface area (Å²) in [6.45, 7) is 8.70. The Morgan fingerprint density at radius 1 is 1.19 bits per heavy atom. The van der Waals surface area contributed by atoms with Crippen molar-refractivity contribution in [1.82, 2.24) is 15.5 Å². The van der Waals surface area contributed by atoms with E-state index in [1.165, 1.54) is 4.90 Å². The molecule has 0 radical (unpaired) electrons. The molecule has 1 saturated heterocycles. The number of urea groups is 1. The third-order valence-corrected chi connectivity index (χ3v) is 4.99. The summed E-state index contributed by atoms with van der Waals surface area (Å²) in [5.74, 6) is -0.427. The molecule has 176 valence electrons. The topological polar surface area (TPSA) is 108 Å². The first-order chi connectivity index (χ1) is 15.0. The summed E-state index contributed by atoms with van der Waals surface area (Å²) >= 11 is 0. The number of carbonyl (C=O) groups excluding carboxylic acids is 4. The fourth-order valence-corrected chi connectivity index (χ4v) is 3.30. The number of imide groups is 1. The van der Waals surface area contributed by atoms with Crippen molar-refractivity contribution in [2.24, 2.45) is 0 Å². The van der Waals surface area contributed by atoms with E-state index in [0.29, 0.717) is 24.3 Å². The molecule has 9 heteroatoms. The Morgan fingerprint density at radius 3 is 2.56 bits per heavy atom. The van der Waals surface area contributed by atoms with Gasteiger partial charge in [-0.3, -0.25) is 19.8 Å². The third kappa shape index (κ3) is 7.55. The summed E-state index contributed by atoms with van der Waals surface area (Å²) in [6.07, 6.45) is 2.25. The van der Waals surface area contributed by atoms with Crippen molar-refractivity contribution in [3.63, 3.8) is 0 Å². The van der Waals surface area contributed by atoms with Gasteiger partial charge in [0, 0.05) is 44.4 Å². The molecule has 5 amide bonds. The Hall–Kier alpha value is -3.10. The minimum atomic E-state index is -0.516. The van der Waals surface area contributed by atoms with Gasteiger partial charge < -0.3 is 15.0 Å².